The maximum absolute atomic E-state index is 9.76. The van der Waals surface area contributed by atoms with E-state index in [9.17, 15) is 10.5 Å². The lowest BCUT2D eigenvalue weighted by molar-refractivity contribution is 0.306. The van der Waals surface area contributed by atoms with Crippen molar-refractivity contribution in [2.24, 2.45) is 12.8 Å². The van der Waals surface area contributed by atoms with Crippen LogP contribution in [0.2, 0.25) is 0 Å². The number of aryl methyl sites for hydroxylation is 1. The van der Waals surface area contributed by atoms with Crippen LogP contribution in [0.1, 0.15) is 33.6 Å². The predicted molar refractivity (Wildman–Crippen MR) is 135 cm³/mol. The van der Waals surface area contributed by atoms with Crippen molar-refractivity contribution in [3.8, 4) is 29.0 Å². The van der Waals surface area contributed by atoms with Crippen LogP contribution in [-0.2, 0) is 19.2 Å². The van der Waals surface area contributed by atoms with Gasteiger partial charge >= 0.3 is 0 Å². The molecule has 0 aliphatic carbocycles. The second kappa shape index (κ2) is 8.06. The Morgan fingerprint density at radius 3 is 2.61 bits per heavy atom. The Labute approximate surface area is 207 Å². The number of hydrogen-bond acceptors (Lipinski definition) is 6. The van der Waals surface area contributed by atoms with E-state index in [2.05, 4.69) is 22.1 Å². The highest BCUT2D eigenvalue weighted by Crippen LogP contribution is 2.39. The highest BCUT2D eigenvalue weighted by Gasteiger charge is 2.36. The summed E-state index contributed by atoms with van der Waals surface area (Å²) in [7, 11) is 1.91. The van der Waals surface area contributed by atoms with Gasteiger partial charge in [-0.25, -0.2) is 9.97 Å². The van der Waals surface area contributed by atoms with Crippen molar-refractivity contribution < 1.29 is 4.74 Å². The number of fused-ring (bicyclic) bond motifs is 6. The van der Waals surface area contributed by atoms with Gasteiger partial charge in [0.15, 0.2) is 0 Å². The number of nitrogens with zero attached hydrogens (tertiary/aromatic N) is 5. The number of nitriles is 2. The first-order valence-electron chi connectivity index (χ1n) is 11.4. The Morgan fingerprint density at radius 1 is 1.00 bits per heavy atom. The third-order valence-electron chi connectivity index (χ3n) is 6.82. The normalized spacial score (nSPS) is 16.2. The lowest BCUT2D eigenvalue weighted by Gasteiger charge is -2.32. The summed E-state index contributed by atoms with van der Waals surface area (Å²) in [6, 6.07) is 25.4. The highest BCUT2D eigenvalue weighted by molar-refractivity contribution is 5.96. The molecule has 0 fully saturated rings. The number of imidazole rings is 1. The summed E-state index contributed by atoms with van der Waals surface area (Å²) in [5.41, 5.74) is 12.7. The molecule has 7 heteroatoms. The third-order valence-corrected chi connectivity index (χ3v) is 6.82. The van der Waals surface area contributed by atoms with Crippen LogP contribution >= 0.6 is 0 Å². The summed E-state index contributed by atoms with van der Waals surface area (Å²) < 4.78 is 8.05. The van der Waals surface area contributed by atoms with E-state index in [0.29, 0.717) is 22.5 Å². The molecular weight excluding hydrogens is 448 g/mol. The molecule has 7 nitrogen and oxygen atoms in total. The van der Waals surface area contributed by atoms with Crippen molar-refractivity contribution in [1.29, 1.82) is 10.5 Å². The maximum Gasteiger partial charge on any atom is 0.141 e. The topological polar surface area (TPSA) is 114 Å². The van der Waals surface area contributed by atoms with Gasteiger partial charge in [-0.1, -0.05) is 24.3 Å². The summed E-state index contributed by atoms with van der Waals surface area (Å²) >= 11 is 0. The zero-order valence-electron chi connectivity index (χ0n) is 19.4. The molecule has 0 unspecified atom stereocenters. The maximum atomic E-state index is 9.76. The van der Waals surface area contributed by atoms with E-state index in [0.717, 1.165) is 38.9 Å². The second-order valence-corrected chi connectivity index (χ2v) is 8.90. The van der Waals surface area contributed by atoms with Crippen molar-refractivity contribution in [2.75, 3.05) is 0 Å². The van der Waals surface area contributed by atoms with E-state index in [1.807, 2.05) is 66.2 Å². The molecule has 1 atom stereocenters. The number of aromatic nitrogens is 3. The number of ether oxygens (including phenoxy) is 1. The van der Waals surface area contributed by atoms with Gasteiger partial charge in [-0.3, -0.25) is 0 Å². The molecule has 6 rings (SSSR count). The molecule has 0 amide bonds. The van der Waals surface area contributed by atoms with Gasteiger partial charge in [0.1, 0.15) is 29.7 Å². The number of pyridine rings is 1. The Hall–Kier alpha value is -4.98. The van der Waals surface area contributed by atoms with E-state index in [1.54, 1.807) is 24.7 Å². The van der Waals surface area contributed by atoms with Gasteiger partial charge in [-0.2, -0.15) is 10.5 Å². The molecule has 1 aliphatic rings. The first kappa shape index (κ1) is 21.5. The molecule has 0 spiro atoms. The lowest BCUT2D eigenvalue weighted by atomic mass is 9.79. The Morgan fingerprint density at radius 2 is 1.83 bits per heavy atom. The Bertz CT molecular complexity index is 1760. The number of hydrogen-bond donors (Lipinski definition) is 1. The van der Waals surface area contributed by atoms with Gasteiger partial charge in [0.25, 0.3) is 0 Å². The van der Waals surface area contributed by atoms with Gasteiger partial charge in [-0.05, 0) is 64.7 Å². The summed E-state index contributed by atoms with van der Waals surface area (Å²) in [6.45, 7) is 0.203. The van der Waals surface area contributed by atoms with Gasteiger partial charge in [0.05, 0.1) is 35.4 Å². The number of nitrogens with two attached hydrogens (primary N) is 1. The number of rotatable bonds is 1. The molecule has 2 N–H and O–H groups in total. The molecule has 0 saturated heterocycles. The summed E-state index contributed by atoms with van der Waals surface area (Å²) in [5, 5.41) is 20.3. The molecule has 36 heavy (non-hydrogen) atoms. The van der Waals surface area contributed by atoms with Crippen molar-refractivity contribution in [1.82, 2.24) is 14.5 Å². The van der Waals surface area contributed by atoms with E-state index < -0.39 is 5.54 Å². The van der Waals surface area contributed by atoms with Gasteiger partial charge in [0.2, 0.25) is 0 Å². The van der Waals surface area contributed by atoms with Crippen molar-refractivity contribution >= 4 is 10.9 Å². The molecule has 6 bridgehead atoms. The van der Waals surface area contributed by atoms with Gasteiger partial charge in [-0.15, -0.1) is 0 Å². The van der Waals surface area contributed by atoms with E-state index in [1.165, 1.54) is 0 Å². The number of benzene rings is 3. The molecule has 3 aromatic carbocycles. The molecular formula is C29H20N6O. The van der Waals surface area contributed by atoms with Crippen LogP contribution in [0.5, 0.6) is 5.75 Å². The van der Waals surface area contributed by atoms with Crippen LogP contribution in [0.3, 0.4) is 0 Å². The summed E-state index contributed by atoms with van der Waals surface area (Å²) in [5.74, 6) is 0.659. The highest BCUT2D eigenvalue weighted by atomic mass is 16.5. The minimum absolute atomic E-state index is 0.203. The monoisotopic (exact) mass is 468 g/mol. The first-order valence-corrected chi connectivity index (χ1v) is 11.4. The van der Waals surface area contributed by atoms with Crippen LogP contribution in [0.15, 0.2) is 79.3 Å². The second-order valence-electron chi connectivity index (χ2n) is 8.90. The van der Waals surface area contributed by atoms with Crippen molar-refractivity contribution in [3.05, 3.63) is 113 Å². The smallest absolute Gasteiger partial charge is 0.141 e. The third kappa shape index (κ3) is 3.23. The van der Waals surface area contributed by atoms with Crippen LogP contribution < -0.4 is 10.5 Å². The molecule has 5 aromatic rings. The zero-order chi connectivity index (χ0) is 24.9. The van der Waals surface area contributed by atoms with Crippen LogP contribution in [-0.4, -0.2) is 14.5 Å². The summed E-state index contributed by atoms with van der Waals surface area (Å²) in [6.07, 6.45) is 3.48. The molecule has 0 saturated carbocycles. The van der Waals surface area contributed by atoms with Crippen LogP contribution in [0, 0.1) is 22.7 Å². The Kier molecular flexibility index (Phi) is 4.82. The predicted octanol–water partition coefficient (Wildman–Crippen LogP) is 4.52. The minimum atomic E-state index is -1.08. The Balaban J connectivity index is 1.75. The largest absolute Gasteiger partial charge is 0.489 e. The molecule has 3 heterocycles. The average molecular weight is 469 g/mol. The quantitative estimate of drug-likeness (QED) is 0.387. The standard InChI is InChI=1S/C29H20N6O/c1-35-17-33-15-28(35)29(32)21-6-5-19(13-30)20(9-21)16-36-24-4-2-3-18(10-24)25-12-23(14-31)34-27-8-7-22(29)11-26(25)27/h2-12,15,17H,16,32H2,1H3/t29-/m0/s1. The average Bonchev–Trinajstić information content (AvgIpc) is 3.36. The van der Waals surface area contributed by atoms with Crippen molar-refractivity contribution in [2.45, 2.75) is 12.1 Å². The fourth-order valence-corrected chi connectivity index (χ4v) is 4.95. The molecule has 0 radical (unpaired) electrons. The van der Waals surface area contributed by atoms with E-state index in [4.69, 9.17) is 10.5 Å². The molecule has 172 valence electrons. The van der Waals surface area contributed by atoms with Crippen LogP contribution in [0.25, 0.3) is 22.0 Å². The van der Waals surface area contributed by atoms with E-state index >= 15 is 0 Å². The molecule has 1 aliphatic heterocycles. The lowest BCUT2D eigenvalue weighted by Crippen LogP contribution is -2.41. The SMILES string of the molecule is Cn1cncc1[C@]1(N)c2ccc(C#N)c(c2)COc2cccc(c2)-c2cc(C#N)nc3ccc1cc23. The summed E-state index contributed by atoms with van der Waals surface area (Å²) in [4.78, 5) is 8.88. The van der Waals surface area contributed by atoms with Crippen LogP contribution in [0.4, 0.5) is 0 Å². The van der Waals surface area contributed by atoms with Gasteiger partial charge in [0, 0.05) is 18.0 Å². The zero-order valence-corrected chi connectivity index (χ0v) is 19.4. The minimum Gasteiger partial charge on any atom is -0.489 e. The molecule has 2 aromatic heterocycles. The van der Waals surface area contributed by atoms with Gasteiger partial charge < -0.3 is 15.0 Å². The first-order chi connectivity index (χ1) is 17.5. The fraction of sp³-hybridized carbons (Fsp3) is 0.103. The fourth-order valence-electron chi connectivity index (χ4n) is 4.95. The van der Waals surface area contributed by atoms with E-state index in [-0.39, 0.29) is 6.61 Å². The van der Waals surface area contributed by atoms with Crippen molar-refractivity contribution in [3.63, 3.8) is 0 Å².